The lowest BCUT2D eigenvalue weighted by Crippen LogP contribution is -2.14. The molecule has 1 aromatic heterocycles. The minimum Gasteiger partial charge on any atom is -0.494 e. The van der Waals surface area contributed by atoms with E-state index in [1.165, 1.54) is 0 Å². The molecule has 3 aromatic carbocycles. The van der Waals surface area contributed by atoms with Crippen LogP contribution in [0, 0.1) is 0 Å². The number of amides is 1. The second-order valence-corrected chi connectivity index (χ2v) is 7.79. The summed E-state index contributed by atoms with van der Waals surface area (Å²) in [4.78, 5) is 29.9. The number of carbonyl (C=O) groups excluding carboxylic acids is 2. The van der Waals surface area contributed by atoms with Gasteiger partial charge < -0.3 is 10.1 Å². The summed E-state index contributed by atoms with van der Waals surface area (Å²) >= 11 is 0. The number of nitrogens with one attached hydrogen (secondary N) is 1. The molecule has 4 aromatic rings. The van der Waals surface area contributed by atoms with Crippen LogP contribution in [0.2, 0.25) is 0 Å². The Morgan fingerprint density at radius 2 is 1.47 bits per heavy atom. The summed E-state index contributed by atoms with van der Waals surface area (Å²) in [7, 11) is 0. The molecule has 170 valence electrons. The molecule has 0 radical (unpaired) electrons. The van der Waals surface area contributed by atoms with Crippen LogP contribution in [-0.2, 0) is 4.79 Å². The van der Waals surface area contributed by atoms with Crippen molar-refractivity contribution >= 4 is 17.5 Å². The molecular formula is C29H26N2O3. The average molecular weight is 451 g/mol. The summed E-state index contributed by atoms with van der Waals surface area (Å²) < 4.78 is 5.46. The van der Waals surface area contributed by atoms with Gasteiger partial charge in [-0.1, -0.05) is 72.8 Å². The molecule has 0 aliphatic carbocycles. The van der Waals surface area contributed by atoms with E-state index in [1.54, 1.807) is 18.2 Å². The van der Waals surface area contributed by atoms with Crippen molar-refractivity contribution in [1.82, 2.24) is 4.98 Å². The molecule has 0 saturated heterocycles. The molecule has 5 nitrogen and oxygen atoms in total. The van der Waals surface area contributed by atoms with E-state index < -0.39 is 0 Å². The lowest BCUT2D eigenvalue weighted by molar-refractivity contribution is -0.116. The van der Waals surface area contributed by atoms with Crippen molar-refractivity contribution in [3.8, 4) is 28.1 Å². The van der Waals surface area contributed by atoms with Gasteiger partial charge in [0.05, 0.1) is 12.3 Å². The smallest absolute Gasteiger partial charge is 0.225 e. The third kappa shape index (κ3) is 5.95. The molecule has 0 unspecified atom stereocenters. The van der Waals surface area contributed by atoms with Crippen molar-refractivity contribution in [3.63, 3.8) is 0 Å². The van der Waals surface area contributed by atoms with Gasteiger partial charge in [-0.3, -0.25) is 9.59 Å². The zero-order valence-corrected chi connectivity index (χ0v) is 19.0. The molecule has 0 saturated carbocycles. The van der Waals surface area contributed by atoms with Crippen LogP contribution < -0.4 is 10.1 Å². The number of nitrogens with zero attached hydrogens (tertiary/aromatic N) is 1. The second kappa shape index (κ2) is 11.1. The van der Waals surface area contributed by atoms with Crippen LogP contribution in [0.15, 0.2) is 97.1 Å². The molecule has 0 aliphatic rings. The van der Waals surface area contributed by atoms with Crippen LogP contribution in [0.1, 0.15) is 30.1 Å². The predicted octanol–water partition coefficient (Wildman–Crippen LogP) is 6.42. The summed E-state index contributed by atoms with van der Waals surface area (Å²) in [5.41, 5.74) is 4.24. The number of benzene rings is 3. The normalized spacial score (nSPS) is 10.5. The first-order valence-electron chi connectivity index (χ1n) is 11.3. The topological polar surface area (TPSA) is 68.3 Å². The van der Waals surface area contributed by atoms with E-state index in [2.05, 4.69) is 10.3 Å². The van der Waals surface area contributed by atoms with Gasteiger partial charge in [-0.15, -0.1) is 0 Å². The first-order valence-corrected chi connectivity index (χ1v) is 11.3. The Morgan fingerprint density at radius 1 is 0.765 bits per heavy atom. The molecule has 0 aliphatic heterocycles. The summed E-state index contributed by atoms with van der Waals surface area (Å²) in [5, 5.41) is 2.87. The van der Waals surface area contributed by atoms with E-state index in [1.807, 2.05) is 85.8 Å². The number of Topliss-reactive ketones (excluding diaryl/α,β-unsaturated/α-hetero) is 1. The number of hydrogen-bond acceptors (Lipinski definition) is 4. The van der Waals surface area contributed by atoms with Gasteiger partial charge >= 0.3 is 0 Å². The van der Waals surface area contributed by atoms with Crippen LogP contribution >= 0.6 is 0 Å². The first-order chi connectivity index (χ1) is 16.6. The highest BCUT2D eigenvalue weighted by Crippen LogP contribution is 2.28. The highest BCUT2D eigenvalue weighted by Gasteiger charge is 2.13. The zero-order chi connectivity index (χ0) is 23.8. The molecule has 1 heterocycles. The van der Waals surface area contributed by atoms with Gasteiger partial charge in [-0.05, 0) is 42.3 Å². The van der Waals surface area contributed by atoms with Gasteiger partial charge in [-0.25, -0.2) is 4.98 Å². The second-order valence-electron chi connectivity index (χ2n) is 7.79. The van der Waals surface area contributed by atoms with Gasteiger partial charge in [-0.2, -0.15) is 0 Å². The maximum absolute atomic E-state index is 12.7. The molecule has 1 N–H and O–H groups in total. The fraction of sp³-hybridized carbons (Fsp3) is 0.138. The molecule has 0 spiro atoms. The summed E-state index contributed by atoms with van der Waals surface area (Å²) in [6.45, 7) is 2.42. The number of anilines is 1. The predicted molar refractivity (Wildman–Crippen MR) is 135 cm³/mol. The molecule has 4 rings (SSSR count). The Morgan fingerprint density at radius 3 is 2.18 bits per heavy atom. The number of ketones is 1. The summed E-state index contributed by atoms with van der Waals surface area (Å²) in [6.07, 6.45) is 0.168. The minimum atomic E-state index is -0.258. The third-order valence-electron chi connectivity index (χ3n) is 5.32. The molecule has 0 fully saturated rings. The number of rotatable bonds is 9. The molecule has 34 heavy (non-hydrogen) atoms. The number of pyridine rings is 1. The molecule has 1 amide bonds. The van der Waals surface area contributed by atoms with Crippen LogP contribution in [0.5, 0.6) is 5.75 Å². The largest absolute Gasteiger partial charge is 0.494 e. The molecule has 0 atom stereocenters. The van der Waals surface area contributed by atoms with Crippen molar-refractivity contribution in [1.29, 1.82) is 0 Å². The number of aromatic nitrogens is 1. The van der Waals surface area contributed by atoms with Crippen molar-refractivity contribution in [2.75, 3.05) is 11.9 Å². The summed E-state index contributed by atoms with van der Waals surface area (Å²) in [5.74, 6) is 0.739. The quantitative estimate of drug-likeness (QED) is 0.299. The van der Waals surface area contributed by atoms with Crippen molar-refractivity contribution < 1.29 is 14.3 Å². The number of carbonyl (C=O) groups is 2. The Balaban J connectivity index is 1.49. The monoisotopic (exact) mass is 450 g/mol. The van der Waals surface area contributed by atoms with Crippen LogP contribution in [0.3, 0.4) is 0 Å². The third-order valence-corrected chi connectivity index (χ3v) is 5.32. The van der Waals surface area contributed by atoms with E-state index >= 15 is 0 Å². The Kier molecular flexibility index (Phi) is 7.45. The number of ether oxygens (including phenoxy) is 1. The molecule has 5 heteroatoms. The fourth-order valence-electron chi connectivity index (χ4n) is 3.65. The van der Waals surface area contributed by atoms with Gasteiger partial charge in [0.15, 0.2) is 5.78 Å². The highest BCUT2D eigenvalue weighted by molar-refractivity contribution is 6.00. The Bertz CT molecular complexity index is 1210. The Hall–Kier alpha value is -4.25. The van der Waals surface area contributed by atoms with Crippen LogP contribution in [0.4, 0.5) is 5.82 Å². The van der Waals surface area contributed by atoms with Gasteiger partial charge in [0, 0.05) is 24.0 Å². The van der Waals surface area contributed by atoms with E-state index in [4.69, 9.17) is 4.74 Å². The summed E-state index contributed by atoms with van der Waals surface area (Å²) in [6, 6.07) is 30.7. The first kappa shape index (κ1) is 22.9. The Labute approximate surface area is 199 Å². The van der Waals surface area contributed by atoms with Crippen molar-refractivity contribution in [2.24, 2.45) is 0 Å². The van der Waals surface area contributed by atoms with Gasteiger partial charge in [0.2, 0.25) is 5.91 Å². The zero-order valence-electron chi connectivity index (χ0n) is 19.0. The SMILES string of the molecule is CCOc1cccc(C(=O)CCC(=O)Nc2cc(-c3ccccc3)cc(-c3ccccc3)n2)c1. The van der Waals surface area contributed by atoms with Crippen molar-refractivity contribution in [3.05, 3.63) is 103 Å². The highest BCUT2D eigenvalue weighted by atomic mass is 16.5. The van der Waals surface area contributed by atoms with E-state index in [0.29, 0.717) is 23.7 Å². The molecular weight excluding hydrogens is 424 g/mol. The standard InChI is InChI=1S/C29H26N2O3/c1-2-34-25-15-9-14-23(18-25)27(32)16-17-29(33)31-28-20-24(21-10-5-3-6-11-21)19-26(30-28)22-12-7-4-8-13-22/h3-15,18-20H,2,16-17H2,1H3,(H,30,31,33). The van der Waals surface area contributed by atoms with Gasteiger partial charge in [0.25, 0.3) is 0 Å². The van der Waals surface area contributed by atoms with Crippen molar-refractivity contribution in [2.45, 2.75) is 19.8 Å². The molecule has 0 bridgehead atoms. The van der Waals surface area contributed by atoms with E-state index in [9.17, 15) is 9.59 Å². The number of hydrogen-bond donors (Lipinski definition) is 1. The average Bonchev–Trinajstić information content (AvgIpc) is 2.88. The fourth-order valence-corrected chi connectivity index (χ4v) is 3.65. The maximum Gasteiger partial charge on any atom is 0.225 e. The lowest BCUT2D eigenvalue weighted by Gasteiger charge is -2.11. The maximum atomic E-state index is 12.7. The van der Waals surface area contributed by atoms with Crippen LogP contribution in [0.25, 0.3) is 22.4 Å². The lowest BCUT2D eigenvalue weighted by atomic mass is 10.0. The van der Waals surface area contributed by atoms with Crippen LogP contribution in [-0.4, -0.2) is 23.3 Å². The van der Waals surface area contributed by atoms with E-state index in [0.717, 1.165) is 22.4 Å². The van der Waals surface area contributed by atoms with E-state index in [-0.39, 0.29) is 24.5 Å². The minimum absolute atomic E-state index is 0.0651. The van der Waals surface area contributed by atoms with Gasteiger partial charge in [0.1, 0.15) is 11.6 Å².